The van der Waals surface area contributed by atoms with Gasteiger partial charge in [-0.25, -0.2) is 9.59 Å². The topological polar surface area (TPSA) is 89.7 Å². The van der Waals surface area contributed by atoms with Gasteiger partial charge in [0, 0.05) is 6.54 Å². The van der Waals surface area contributed by atoms with Crippen molar-refractivity contribution in [3.05, 3.63) is 0 Å². The van der Waals surface area contributed by atoms with Gasteiger partial charge in [-0.2, -0.15) is 4.99 Å². The highest BCUT2D eigenvalue weighted by Crippen LogP contribution is 2.16. The van der Waals surface area contributed by atoms with Crippen molar-refractivity contribution < 1.29 is 24.1 Å². The summed E-state index contributed by atoms with van der Waals surface area (Å²) in [5.74, 6) is -0.588. The third-order valence-electron chi connectivity index (χ3n) is 2.83. The molecule has 20 heavy (non-hydrogen) atoms. The Morgan fingerprint density at radius 2 is 2.05 bits per heavy atom. The minimum atomic E-state index is -0.650. The summed E-state index contributed by atoms with van der Waals surface area (Å²) < 4.78 is 5.04. The molecule has 1 saturated heterocycles. The second kappa shape index (κ2) is 6.49. The molecule has 0 unspecified atom stereocenters. The predicted molar refractivity (Wildman–Crippen MR) is 72.1 cm³/mol. The average molecular weight is 284 g/mol. The van der Waals surface area contributed by atoms with E-state index in [1.807, 2.05) is 0 Å². The van der Waals surface area contributed by atoms with Crippen LogP contribution in [0.25, 0.3) is 0 Å². The zero-order valence-corrected chi connectivity index (χ0v) is 12.2. The molecule has 0 saturated carbocycles. The molecule has 1 heterocycles. The zero-order valence-electron chi connectivity index (χ0n) is 12.2. The molecule has 2 N–H and O–H groups in total. The Morgan fingerprint density at radius 3 is 2.60 bits per heavy atom. The van der Waals surface area contributed by atoms with Gasteiger partial charge in [-0.3, -0.25) is 4.79 Å². The Labute approximate surface area is 118 Å². The van der Waals surface area contributed by atoms with Crippen LogP contribution in [0.2, 0.25) is 0 Å². The van der Waals surface area contributed by atoms with E-state index in [4.69, 9.17) is 4.74 Å². The highest BCUT2D eigenvalue weighted by atomic mass is 16.6. The molecule has 0 aromatic heterocycles. The zero-order chi connectivity index (χ0) is 15.3. The fourth-order valence-corrected chi connectivity index (χ4v) is 2.02. The molecule has 0 aromatic rings. The summed E-state index contributed by atoms with van der Waals surface area (Å²) >= 11 is 0. The maximum Gasteiger partial charge on any atom is 0.408 e. The van der Waals surface area contributed by atoms with Crippen LogP contribution in [-0.2, 0) is 14.3 Å². The molecule has 1 aliphatic heterocycles. The van der Waals surface area contributed by atoms with E-state index in [0.717, 1.165) is 6.42 Å². The van der Waals surface area contributed by atoms with E-state index in [9.17, 15) is 14.4 Å². The number of likely N-dealkylation sites (tertiary alicyclic amines) is 1. The summed E-state index contributed by atoms with van der Waals surface area (Å²) in [5.41, 5.74) is -0.614. The summed E-state index contributed by atoms with van der Waals surface area (Å²) in [4.78, 5) is 38.8. The number of nitrogens with one attached hydrogen (secondary N) is 2. The van der Waals surface area contributed by atoms with Gasteiger partial charge in [-0.05, 0) is 33.6 Å². The predicted octanol–water partition coefficient (Wildman–Crippen LogP) is -1.19. The van der Waals surface area contributed by atoms with E-state index in [1.54, 1.807) is 20.8 Å². The Balaban J connectivity index is 2.48. The maximum atomic E-state index is 12.0. The summed E-state index contributed by atoms with van der Waals surface area (Å²) in [6.45, 7) is 8.85. The van der Waals surface area contributed by atoms with Gasteiger partial charge < -0.3 is 15.0 Å². The molecular weight excluding hydrogens is 262 g/mol. The van der Waals surface area contributed by atoms with Crippen molar-refractivity contribution >= 4 is 24.6 Å². The van der Waals surface area contributed by atoms with Crippen molar-refractivity contribution in [3.63, 3.8) is 0 Å². The summed E-state index contributed by atoms with van der Waals surface area (Å²) in [7, 11) is 0. The number of amides is 3. The lowest BCUT2D eigenvalue weighted by atomic mass is 10.2. The van der Waals surface area contributed by atoms with Crippen LogP contribution in [0, 0.1) is 0 Å². The van der Waals surface area contributed by atoms with Gasteiger partial charge in [-0.1, -0.05) is 0 Å². The lowest BCUT2D eigenvalue weighted by Gasteiger charge is -2.22. The van der Waals surface area contributed by atoms with Crippen LogP contribution in [0.1, 0.15) is 33.6 Å². The van der Waals surface area contributed by atoms with Gasteiger partial charge in [0.2, 0.25) is 5.91 Å². The quantitative estimate of drug-likeness (QED) is 0.638. The Hall–Kier alpha value is -1.92. The first-order chi connectivity index (χ1) is 9.24. The molecule has 7 heteroatoms. The second-order valence-electron chi connectivity index (χ2n) is 5.64. The minimum Gasteiger partial charge on any atom is -0.444 e. The number of carbonyl (C=O) groups excluding carboxylic acids is 3. The number of nitrogens with zero attached hydrogens (tertiary/aromatic N) is 1. The van der Waals surface area contributed by atoms with E-state index >= 15 is 0 Å². The first-order valence-corrected chi connectivity index (χ1v) is 6.58. The standard InChI is InChI=1S/C13H21N3O4/c1-13(2,3)20-12(19)15-8-10(17)16-7-5-6-9(16)11(18)14-4/h9H,4-8H2,1-3H3,(H,15,19)/p+1/t9-/m0/s1. The van der Waals surface area contributed by atoms with Crippen molar-refractivity contribution in [3.8, 4) is 0 Å². The molecule has 1 rings (SSSR count). The number of hydrogen-bond acceptors (Lipinski definition) is 4. The molecule has 0 aromatic carbocycles. The van der Waals surface area contributed by atoms with E-state index in [2.05, 4.69) is 17.0 Å². The van der Waals surface area contributed by atoms with Gasteiger partial charge in [-0.15, -0.1) is 0 Å². The summed E-state index contributed by atoms with van der Waals surface area (Å²) in [5, 5.41) is 2.39. The van der Waals surface area contributed by atoms with E-state index in [-0.39, 0.29) is 18.4 Å². The van der Waals surface area contributed by atoms with Gasteiger partial charge in [0.1, 0.15) is 18.9 Å². The van der Waals surface area contributed by atoms with E-state index in [0.29, 0.717) is 13.0 Å². The molecule has 0 bridgehead atoms. The molecule has 1 aliphatic rings. The smallest absolute Gasteiger partial charge is 0.408 e. The number of hydrogen-bond donors (Lipinski definition) is 2. The summed E-state index contributed by atoms with van der Waals surface area (Å²) in [6.07, 6.45) is 0.721. The average Bonchev–Trinajstić information content (AvgIpc) is 2.82. The number of carbonyl (C=O) groups is 3. The van der Waals surface area contributed by atoms with Crippen molar-refractivity contribution in [1.29, 1.82) is 0 Å². The molecule has 112 valence electrons. The fourth-order valence-electron chi connectivity index (χ4n) is 2.02. The molecule has 0 spiro atoms. The van der Waals surface area contributed by atoms with Crippen LogP contribution in [0.15, 0.2) is 0 Å². The molecule has 1 atom stereocenters. The van der Waals surface area contributed by atoms with Crippen molar-refractivity contribution in [2.45, 2.75) is 45.3 Å². The van der Waals surface area contributed by atoms with Crippen LogP contribution in [0.3, 0.4) is 0 Å². The Morgan fingerprint density at radius 1 is 1.40 bits per heavy atom. The first kappa shape index (κ1) is 16.1. The van der Waals surface area contributed by atoms with Gasteiger partial charge in [0.05, 0.1) is 0 Å². The van der Waals surface area contributed by atoms with Crippen molar-refractivity contribution in [2.24, 2.45) is 0 Å². The number of alkyl carbamates (subject to hydrolysis) is 1. The summed E-state index contributed by atoms with van der Waals surface area (Å²) in [6, 6.07) is -0.500. The van der Waals surface area contributed by atoms with Crippen molar-refractivity contribution in [1.82, 2.24) is 10.2 Å². The third-order valence-corrected chi connectivity index (χ3v) is 2.83. The third kappa shape index (κ3) is 4.64. The molecule has 3 amide bonds. The van der Waals surface area contributed by atoms with Crippen LogP contribution in [0.5, 0.6) is 0 Å². The highest BCUT2D eigenvalue weighted by molar-refractivity contribution is 5.87. The lowest BCUT2D eigenvalue weighted by molar-refractivity contribution is -0.372. The molecule has 7 nitrogen and oxygen atoms in total. The lowest BCUT2D eigenvalue weighted by Crippen LogP contribution is -2.76. The van der Waals surface area contributed by atoms with Gasteiger partial charge in [0.15, 0.2) is 6.04 Å². The molecule has 0 radical (unpaired) electrons. The van der Waals surface area contributed by atoms with E-state index in [1.165, 1.54) is 4.90 Å². The minimum absolute atomic E-state index is 0.185. The van der Waals surface area contributed by atoms with Crippen LogP contribution < -0.4 is 10.3 Å². The van der Waals surface area contributed by atoms with Crippen LogP contribution in [0.4, 0.5) is 4.79 Å². The molecular formula is C13H22N3O4+. The molecule has 0 aliphatic carbocycles. The van der Waals surface area contributed by atoms with Gasteiger partial charge in [0.25, 0.3) is 0 Å². The van der Waals surface area contributed by atoms with Crippen LogP contribution in [-0.4, -0.2) is 54.3 Å². The monoisotopic (exact) mass is 284 g/mol. The SMILES string of the molecule is C=[NH+]C(=O)[C@@H]1CCCN1C(=O)CNC(=O)OC(C)(C)C. The van der Waals surface area contributed by atoms with Crippen LogP contribution >= 0.6 is 0 Å². The van der Waals surface area contributed by atoms with Gasteiger partial charge >= 0.3 is 12.0 Å². The Bertz CT molecular complexity index is 414. The maximum absolute atomic E-state index is 12.0. The largest absolute Gasteiger partial charge is 0.444 e. The molecule has 1 fully saturated rings. The van der Waals surface area contributed by atoms with Crippen molar-refractivity contribution in [2.75, 3.05) is 13.1 Å². The van der Waals surface area contributed by atoms with E-state index < -0.39 is 17.7 Å². The normalized spacial score (nSPS) is 18.6. The second-order valence-corrected chi connectivity index (χ2v) is 5.64. The fraction of sp³-hybridized carbons (Fsp3) is 0.692. The Kier molecular flexibility index (Phi) is 5.24. The number of ether oxygens (including phenoxy) is 1. The highest BCUT2D eigenvalue weighted by Gasteiger charge is 2.36. The number of rotatable bonds is 3. The first-order valence-electron chi connectivity index (χ1n) is 6.58.